The van der Waals surface area contributed by atoms with Crippen LogP contribution in [0.25, 0.3) is 0 Å². The fourth-order valence-electron chi connectivity index (χ4n) is 2.90. The fraction of sp³-hybridized carbons (Fsp3) is 0.611. The molecule has 0 unspecified atom stereocenters. The molecule has 1 aromatic carbocycles. The minimum absolute atomic E-state index is 0.00301. The van der Waals surface area contributed by atoms with Crippen molar-refractivity contribution in [2.24, 2.45) is 0 Å². The van der Waals surface area contributed by atoms with Gasteiger partial charge >= 0.3 is 0 Å². The van der Waals surface area contributed by atoms with Gasteiger partial charge in [-0.05, 0) is 43.5 Å². The van der Waals surface area contributed by atoms with Crippen molar-refractivity contribution < 1.29 is 13.2 Å². The van der Waals surface area contributed by atoms with E-state index < -0.39 is 10.0 Å². The number of carbonyl (C=O) groups is 1. The standard InChI is InChI=1S/C18H28N2O3S/c1-2-3-6-13-19-24(22,23)17-11-9-16(10-12-17)18(21)20-14-7-4-5-8-15-20/h9-12,19H,2-8,13-15H2,1H3. The van der Waals surface area contributed by atoms with Crippen molar-refractivity contribution in [3.8, 4) is 0 Å². The Balaban J connectivity index is 1.99. The molecule has 0 aromatic heterocycles. The van der Waals surface area contributed by atoms with Crippen molar-refractivity contribution >= 4 is 15.9 Å². The summed E-state index contributed by atoms with van der Waals surface area (Å²) in [5.41, 5.74) is 0.557. The van der Waals surface area contributed by atoms with Gasteiger partial charge in [0, 0.05) is 25.2 Å². The first-order valence-corrected chi connectivity index (χ1v) is 10.4. The number of amides is 1. The van der Waals surface area contributed by atoms with Crippen LogP contribution in [-0.4, -0.2) is 38.9 Å². The summed E-state index contributed by atoms with van der Waals surface area (Å²) in [7, 11) is -3.49. The smallest absolute Gasteiger partial charge is 0.253 e. The molecule has 0 bridgehead atoms. The van der Waals surface area contributed by atoms with Crippen LogP contribution in [0, 0.1) is 0 Å². The second kappa shape index (κ2) is 9.18. The van der Waals surface area contributed by atoms with Crippen LogP contribution in [0.3, 0.4) is 0 Å². The maximum absolute atomic E-state index is 12.5. The topological polar surface area (TPSA) is 66.5 Å². The zero-order valence-electron chi connectivity index (χ0n) is 14.5. The normalized spacial score (nSPS) is 16.0. The van der Waals surface area contributed by atoms with Crippen molar-refractivity contribution in [3.63, 3.8) is 0 Å². The summed E-state index contributed by atoms with van der Waals surface area (Å²) < 4.78 is 27.0. The van der Waals surface area contributed by atoms with Crippen LogP contribution in [0.4, 0.5) is 0 Å². The number of nitrogens with one attached hydrogen (secondary N) is 1. The van der Waals surface area contributed by atoms with E-state index in [1.165, 1.54) is 25.0 Å². The lowest BCUT2D eigenvalue weighted by Gasteiger charge is -2.20. The average Bonchev–Trinajstić information content (AvgIpc) is 2.87. The van der Waals surface area contributed by atoms with Crippen molar-refractivity contribution in [3.05, 3.63) is 29.8 Å². The Morgan fingerprint density at radius 2 is 1.67 bits per heavy atom. The highest BCUT2D eigenvalue weighted by Crippen LogP contribution is 2.16. The van der Waals surface area contributed by atoms with Gasteiger partial charge in [0.2, 0.25) is 10.0 Å². The van der Waals surface area contributed by atoms with Crippen molar-refractivity contribution in [1.29, 1.82) is 0 Å². The van der Waals surface area contributed by atoms with E-state index in [0.717, 1.165) is 45.2 Å². The average molecular weight is 353 g/mol. The molecule has 1 heterocycles. The zero-order valence-corrected chi connectivity index (χ0v) is 15.3. The molecule has 5 nitrogen and oxygen atoms in total. The Kier molecular flexibility index (Phi) is 7.24. The first-order chi connectivity index (χ1) is 11.5. The number of likely N-dealkylation sites (tertiary alicyclic amines) is 1. The highest BCUT2D eigenvalue weighted by Gasteiger charge is 2.19. The number of sulfonamides is 1. The highest BCUT2D eigenvalue weighted by atomic mass is 32.2. The minimum atomic E-state index is -3.49. The first-order valence-electron chi connectivity index (χ1n) is 8.93. The molecular weight excluding hydrogens is 324 g/mol. The van der Waals surface area contributed by atoms with Crippen LogP contribution in [0.2, 0.25) is 0 Å². The molecule has 24 heavy (non-hydrogen) atoms. The molecule has 1 amide bonds. The largest absolute Gasteiger partial charge is 0.339 e. The second-order valence-electron chi connectivity index (χ2n) is 6.34. The third kappa shape index (κ3) is 5.31. The lowest BCUT2D eigenvalue weighted by atomic mass is 10.2. The predicted octanol–water partition coefficient (Wildman–Crippen LogP) is 3.17. The molecule has 1 aromatic rings. The first kappa shape index (κ1) is 18.9. The van der Waals surface area contributed by atoms with Gasteiger partial charge < -0.3 is 4.90 Å². The Morgan fingerprint density at radius 3 is 2.25 bits per heavy atom. The molecule has 6 heteroatoms. The molecule has 1 N–H and O–H groups in total. The number of rotatable bonds is 7. The third-order valence-electron chi connectivity index (χ3n) is 4.38. The van der Waals surface area contributed by atoms with Gasteiger partial charge in [-0.1, -0.05) is 32.6 Å². The van der Waals surface area contributed by atoms with Crippen LogP contribution in [-0.2, 0) is 10.0 Å². The van der Waals surface area contributed by atoms with Crippen LogP contribution in [0.15, 0.2) is 29.2 Å². The van der Waals surface area contributed by atoms with Crippen LogP contribution >= 0.6 is 0 Å². The molecular formula is C18H28N2O3S. The van der Waals surface area contributed by atoms with E-state index in [1.54, 1.807) is 12.1 Å². The minimum Gasteiger partial charge on any atom is -0.339 e. The van der Waals surface area contributed by atoms with Crippen LogP contribution in [0.5, 0.6) is 0 Å². The Bertz CT molecular complexity index is 618. The predicted molar refractivity (Wildman–Crippen MR) is 95.5 cm³/mol. The van der Waals surface area contributed by atoms with Crippen molar-refractivity contribution in [1.82, 2.24) is 9.62 Å². The summed E-state index contributed by atoms with van der Waals surface area (Å²) in [5, 5.41) is 0. The summed E-state index contributed by atoms with van der Waals surface area (Å²) in [6.07, 6.45) is 7.32. The summed E-state index contributed by atoms with van der Waals surface area (Å²) in [5.74, 6) is -0.00301. The van der Waals surface area contributed by atoms with E-state index >= 15 is 0 Å². The van der Waals surface area contributed by atoms with Crippen molar-refractivity contribution in [2.75, 3.05) is 19.6 Å². The molecule has 0 saturated carbocycles. The maximum Gasteiger partial charge on any atom is 0.253 e. The van der Waals surface area contributed by atoms with E-state index in [9.17, 15) is 13.2 Å². The summed E-state index contributed by atoms with van der Waals surface area (Å²) >= 11 is 0. The van der Waals surface area contributed by atoms with Gasteiger partial charge in [0.05, 0.1) is 4.90 Å². The third-order valence-corrected chi connectivity index (χ3v) is 5.85. The van der Waals surface area contributed by atoms with Gasteiger partial charge in [0.15, 0.2) is 0 Å². The SMILES string of the molecule is CCCCCNS(=O)(=O)c1ccc(C(=O)N2CCCCCC2)cc1. The molecule has 1 aliphatic rings. The number of benzene rings is 1. The molecule has 0 atom stereocenters. The van der Waals surface area contributed by atoms with Crippen LogP contribution in [0.1, 0.15) is 62.2 Å². The molecule has 0 spiro atoms. The quantitative estimate of drug-likeness (QED) is 0.767. The number of carbonyl (C=O) groups excluding carboxylic acids is 1. The highest BCUT2D eigenvalue weighted by molar-refractivity contribution is 7.89. The summed E-state index contributed by atoms with van der Waals surface area (Å²) in [6.45, 7) is 4.11. The van der Waals surface area contributed by atoms with E-state index in [4.69, 9.17) is 0 Å². The van der Waals surface area contributed by atoms with E-state index in [0.29, 0.717) is 12.1 Å². The van der Waals surface area contributed by atoms with E-state index in [1.807, 2.05) is 4.90 Å². The van der Waals surface area contributed by atoms with Gasteiger partial charge in [-0.15, -0.1) is 0 Å². The summed E-state index contributed by atoms with van der Waals surface area (Å²) in [6, 6.07) is 6.28. The Morgan fingerprint density at radius 1 is 1.04 bits per heavy atom. The zero-order chi connectivity index (χ0) is 17.4. The molecule has 0 aliphatic carbocycles. The fourth-order valence-corrected chi connectivity index (χ4v) is 3.97. The lowest BCUT2D eigenvalue weighted by molar-refractivity contribution is 0.0761. The second-order valence-corrected chi connectivity index (χ2v) is 8.10. The Labute approximate surface area is 145 Å². The molecule has 1 aliphatic heterocycles. The number of nitrogens with zero attached hydrogens (tertiary/aromatic N) is 1. The number of unbranched alkanes of at least 4 members (excludes halogenated alkanes) is 2. The molecule has 1 fully saturated rings. The van der Waals surface area contributed by atoms with Gasteiger partial charge in [-0.3, -0.25) is 4.79 Å². The van der Waals surface area contributed by atoms with Gasteiger partial charge in [-0.2, -0.15) is 0 Å². The monoisotopic (exact) mass is 352 g/mol. The van der Waals surface area contributed by atoms with Gasteiger partial charge in [0.25, 0.3) is 5.91 Å². The summed E-state index contributed by atoms with van der Waals surface area (Å²) in [4.78, 5) is 14.6. The van der Waals surface area contributed by atoms with E-state index in [2.05, 4.69) is 11.6 Å². The van der Waals surface area contributed by atoms with Crippen molar-refractivity contribution in [2.45, 2.75) is 56.8 Å². The molecule has 2 rings (SSSR count). The van der Waals surface area contributed by atoms with Gasteiger partial charge in [0.1, 0.15) is 0 Å². The molecule has 0 radical (unpaired) electrons. The van der Waals surface area contributed by atoms with Gasteiger partial charge in [-0.25, -0.2) is 13.1 Å². The molecule has 134 valence electrons. The number of hydrogen-bond donors (Lipinski definition) is 1. The lowest BCUT2D eigenvalue weighted by Crippen LogP contribution is -2.31. The Hall–Kier alpha value is -1.40. The maximum atomic E-state index is 12.5. The van der Waals surface area contributed by atoms with Crippen LogP contribution < -0.4 is 4.72 Å². The molecule has 1 saturated heterocycles. The van der Waals surface area contributed by atoms with E-state index in [-0.39, 0.29) is 10.8 Å². The number of hydrogen-bond acceptors (Lipinski definition) is 3.